The summed E-state index contributed by atoms with van der Waals surface area (Å²) in [5.41, 5.74) is 1.38. The Hall–Kier alpha value is -0.940. The first kappa shape index (κ1) is 15.0. The molecule has 1 aromatic carbocycles. The van der Waals surface area contributed by atoms with Crippen LogP contribution in [-0.2, 0) is 6.54 Å². The fraction of sp³-hybridized carbons (Fsp3) is 0.529. The normalized spacial score (nSPS) is 19.1. The van der Waals surface area contributed by atoms with Crippen molar-refractivity contribution >= 4 is 21.4 Å². The lowest BCUT2D eigenvalue weighted by atomic mass is 10.1. The van der Waals surface area contributed by atoms with Gasteiger partial charge in [0.1, 0.15) is 0 Å². The summed E-state index contributed by atoms with van der Waals surface area (Å²) < 4.78 is 1.38. The Morgan fingerprint density at radius 3 is 2.81 bits per heavy atom. The number of hydrogen-bond acceptors (Lipinski definition) is 4. The van der Waals surface area contributed by atoms with Crippen molar-refractivity contribution in [3.63, 3.8) is 0 Å². The van der Waals surface area contributed by atoms with Gasteiger partial charge in [-0.2, -0.15) is 0 Å². The van der Waals surface area contributed by atoms with Crippen LogP contribution in [0, 0.1) is 0 Å². The molecule has 114 valence electrons. The average molecular weight is 303 g/mol. The number of piperazine rings is 1. The van der Waals surface area contributed by atoms with Gasteiger partial charge in [-0.05, 0) is 48.5 Å². The van der Waals surface area contributed by atoms with Crippen LogP contribution in [0.2, 0.25) is 0 Å². The molecule has 1 saturated heterocycles. The van der Waals surface area contributed by atoms with Gasteiger partial charge in [0.25, 0.3) is 0 Å². The molecule has 21 heavy (non-hydrogen) atoms. The Morgan fingerprint density at radius 1 is 1.19 bits per heavy atom. The maximum absolute atomic E-state index is 3.66. The van der Waals surface area contributed by atoms with E-state index in [-0.39, 0.29) is 0 Å². The minimum atomic E-state index is 0.534. The topological polar surface area (TPSA) is 18.5 Å². The molecule has 2 heterocycles. The SMILES string of the molecule is CC(CN1CCN(C)CC1)NCc1ccc2sccc2c1. The van der Waals surface area contributed by atoms with Crippen molar-refractivity contribution in [2.45, 2.75) is 19.5 Å². The van der Waals surface area contributed by atoms with Gasteiger partial charge in [0.15, 0.2) is 0 Å². The summed E-state index contributed by atoms with van der Waals surface area (Å²) in [6.45, 7) is 9.19. The molecular weight excluding hydrogens is 278 g/mol. The van der Waals surface area contributed by atoms with Crippen LogP contribution < -0.4 is 5.32 Å². The smallest absolute Gasteiger partial charge is 0.0342 e. The zero-order chi connectivity index (χ0) is 14.7. The number of nitrogens with one attached hydrogen (secondary N) is 1. The first-order chi connectivity index (χ1) is 10.2. The predicted molar refractivity (Wildman–Crippen MR) is 92.1 cm³/mol. The molecule has 0 amide bonds. The molecule has 0 saturated carbocycles. The lowest BCUT2D eigenvalue weighted by Gasteiger charge is -2.34. The fourth-order valence-corrected chi connectivity index (χ4v) is 3.67. The van der Waals surface area contributed by atoms with Crippen LogP contribution in [0.25, 0.3) is 10.1 Å². The Bertz CT molecular complexity index is 572. The molecule has 1 fully saturated rings. The maximum Gasteiger partial charge on any atom is 0.0342 e. The minimum absolute atomic E-state index is 0.534. The van der Waals surface area contributed by atoms with E-state index in [1.165, 1.54) is 41.8 Å². The van der Waals surface area contributed by atoms with Gasteiger partial charge in [-0.15, -0.1) is 11.3 Å². The molecule has 1 aromatic heterocycles. The number of fused-ring (bicyclic) bond motifs is 1. The largest absolute Gasteiger partial charge is 0.309 e. The minimum Gasteiger partial charge on any atom is -0.309 e. The average Bonchev–Trinajstić information content (AvgIpc) is 2.95. The summed E-state index contributed by atoms with van der Waals surface area (Å²) >= 11 is 1.81. The van der Waals surface area contributed by atoms with Crippen LogP contribution in [0.3, 0.4) is 0 Å². The molecule has 1 aliphatic heterocycles. The van der Waals surface area contributed by atoms with E-state index in [0.29, 0.717) is 6.04 Å². The number of benzene rings is 1. The standard InChI is InChI=1S/C17H25N3S/c1-14(13-20-8-6-19(2)7-9-20)18-12-15-3-4-17-16(11-15)5-10-21-17/h3-5,10-11,14,18H,6-9,12-13H2,1-2H3. The van der Waals surface area contributed by atoms with Crippen molar-refractivity contribution in [2.24, 2.45) is 0 Å². The van der Waals surface area contributed by atoms with Gasteiger partial charge in [-0.3, -0.25) is 4.90 Å². The van der Waals surface area contributed by atoms with Crippen LogP contribution >= 0.6 is 11.3 Å². The monoisotopic (exact) mass is 303 g/mol. The zero-order valence-corrected chi connectivity index (χ0v) is 13.8. The summed E-state index contributed by atoms with van der Waals surface area (Å²) in [7, 11) is 2.21. The van der Waals surface area contributed by atoms with Gasteiger partial charge in [0.2, 0.25) is 0 Å². The van der Waals surface area contributed by atoms with E-state index in [2.05, 4.69) is 58.7 Å². The van der Waals surface area contributed by atoms with E-state index < -0.39 is 0 Å². The zero-order valence-electron chi connectivity index (χ0n) is 13.0. The van der Waals surface area contributed by atoms with Gasteiger partial charge >= 0.3 is 0 Å². The van der Waals surface area contributed by atoms with Crippen LogP contribution in [0.15, 0.2) is 29.6 Å². The fourth-order valence-electron chi connectivity index (χ4n) is 2.90. The molecule has 0 bridgehead atoms. The van der Waals surface area contributed by atoms with Crippen LogP contribution in [-0.4, -0.2) is 55.6 Å². The molecular formula is C17H25N3S. The molecule has 1 unspecified atom stereocenters. The van der Waals surface area contributed by atoms with Gasteiger partial charge in [0.05, 0.1) is 0 Å². The molecule has 3 rings (SSSR count). The summed E-state index contributed by atoms with van der Waals surface area (Å²) in [5, 5.41) is 7.19. The van der Waals surface area contributed by atoms with E-state index >= 15 is 0 Å². The first-order valence-electron chi connectivity index (χ1n) is 7.81. The summed E-state index contributed by atoms with van der Waals surface area (Å²) in [5.74, 6) is 0. The van der Waals surface area contributed by atoms with Gasteiger partial charge in [0, 0.05) is 50.0 Å². The van der Waals surface area contributed by atoms with E-state index in [1.807, 2.05) is 11.3 Å². The molecule has 3 nitrogen and oxygen atoms in total. The molecule has 4 heteroatoms. The summed E-state index contributed by atoms with van der Waals surface area (Å²) in [6, 6.07) is 9.53. The van der Waals surface area contributed by atoms with Crippen molar-refractivity contribution in [2.75, 3.05) is 39.8 Å². The van der Waals surface area contributed by atoms with Crippen molar-refractivity contribution < 1.29 is 0 Å². The molecule has 2 aromatic rings. The Labute approximate surface area is 131 Å². The first-order valence-corrected chi connectivity index (χ1v) is 8.69. The van der Waals surface area contributed by atoms with E-state index in [4.69, 9.17) is 0 Å². The summed E-state index contributed by atoms with van der Waals surface area (Å²) in [4.78, 5) is 4.98. The second kappa shape index (κ2) is 6.88. The molecule has 1 aliphatic rings. The Kier molecular flexibility index (Phi) is 4.91. The van der Waals surface area contributed by atoms with Crippen molar-refractivity contribution in [3.8, 4) is 0 Å². The highest BCUT2D eigenvalue weighted by Gasteiger charge is 2.15. The van der Waals surface area contributed by atoms with Gasteiger partial charge in [-0.1, -0.05) is 6.07 Å². The predicted octanol–water partition coefficient (Wildman–Crippen LogP) is 2.63. The lowest BCUT2D eigenvalue weighted by Crippen LogP contribution is -2.48. The van der Waals surface area contributed by atoms with Gasteiger partial charge < -0.3 is 10.2 Å². The van der Waals surface area contributed by atoms with Crippen LogP contribution in [0.1, 0.15) is 12.5 Å². The Balaban J connectivity index is 1.47. The number of nitrogens with zero attached hydrogens (tertiary/aromatic N) is 2. The number of thiophene rings is 1. The third kappa shape index (κ3) is 4.04. The number of hydrogen-bond donors (Lipinski definition) is 1. The number of rotatable bonds is 5. The molecule has 0 radical (unpaired) electrons. The van der Waals surface area contributed by atoms with Crippen molar-refractivity contribution in [1.29, 1.82) is 0 Å². The second-order valence-corrected chi connectivity index (χ2v) is 7.13. The quantitative estimate of drug-likeness (QED) is 0.916. The van der Waals surface area contributed by atoms with Crippen molar-refractivity contribution in [1.82, 2.24) is 15.1 Å². The lowest BCUT2D eigenvalue weighted by molar-refractivity contribution is 0.144. The van der Waals surface area contributed by atoms with Crippen molar-refractivity contribution in [3.05, 3.63) is 35.2 Å². The molecule has 1 atom stereocenters. The van der Waals surface area contributed by atoms with E-state index in [1.54, 1.807) is 0 Å². The summed E-state index contributed by atoms with van der Waals surface area (Å²) in [6.07, 6.45) is 0. The van der Waals surface area contributed by atoms with Crippen LogP contribution in [0.5, 0.6) is 0 Å². The molecule has 1 N–H and O–H groups in total. The highest BCUT2D eigenvalue weighted by Crippen LogP contribution is 2.21. The third-order valence-electron chi connectivity index (χ3n) is 4.30. The second-order valence-electron chi connectivity index (χ2n) is 6.18. The van der Waals surface area contributed by atoms with E-state index in [0.717, 1.165) is 13.1 Å². The third-order valence-corrected chi connectivity index (χ3v) is 5.20. The Morgan fingerprint density at radius 2 is 2.00 bits per heavy atom. The molecule has 0 spiro atoms. The van der Waals surface area contributed by atoms with Crippen LogP contribution in [0.4, 0.5) is 0 Å². The maximum atomic E-state index is 3.66. The van der Waals surface area contributed by atoms with E-state index in [9.17, 15) is 0 Å². The highest BCUT2D eigenvalue weighted by atomic mass is 32.1. The number of likely N-dealkylation sites (N-methyl/N-ethyl adjacent to an activating group) is 1. The highest BCUT2D eigenvalue weighted by molar-refractivity contribution is 7.17. The van der Waals surface area contributed by atoms with Gasteiger partial charge in [-0.25, -0.2) is 0 Å². The molecule has 0 aliphatic carbocycles.